The van der Waals surface area contributed by atoms with Gasteiger partial charge in [-0.25, -0.2) is 4.98 Å². The van der Waals surface area contributed by atoms with Crippen molar-refractivity contribution in [2.75, 3.05) is 6.54 Å². The molecular formula is C16H21N3O2. The van der Waals surface area contributed by atoms with Crippen molar-refractivity contribution in [1.29, 1.82) is 0 Å². The van der Waals surface area contributed by atoms with Crippen LogP contribution in [0.3, 0.4) is 0 Å². The molecule has 2 aromatic rings. The SMILES string of the molecule is CC(C)CCNC(=O)CCn1cnc2ccccc2c1=O. The molecule has 1 amide bonds. The summed E-state index contributed by atoms with van der Waals surface area (Å²) in [5.41, 5.74) is 0.579. The number of aromatic nitrogens is 2. The number of hydrogen-bond acceptors (Lipinski definition) is 3. The van der Waals surface area contributed by atoms with Crippen LogP contribution in [0, 0.1) is 5.92 Å². The monoisotopic (exact) mass is 287 g/mol. The number of aryl methyl sites for hydroxylation is 1. The highest BCUT2D eigenvalue weighted by Crippen LogP contribution is 2.04. The molecule has 2 rings (SSSR count). The number of amides is 1. The third-order valence-electron chi connectivity index (χ3n) is 3.36. The number of hydrogen-bond donors (Lipinski definition) is 1. The van der Waals surface area contributed by atoms with E-state index in [4.69, 9.17) is 0 Å². The highest BCUT2D eigenvalue weighted by Gasteiger charge is 2.06. The molecule has 1 N–H and O–H groups in total. The van der Waals surface area contributed by atoms with Crippen LogP contribution in [-0.4, -0.2) is 22.0 Å². The van der Waals surface area contributed by atoms with Crippen molar-refractivity contribution in [2.24, 2.45) is 5.92 Å². The molecular weight excluding hydrogens is 266 g/mol. The fraction of sp³-hybridized carbons (Fsp3) is 0.438. The molecule has 0 aliphatic carbocycles. The van der Waals surface area contributed by atoms with E-state index in [9.17, 15) is 9.59 Å². The first-order valence-corrected chi connectivity index (χ1v) is 7.29. The van der Waals surface area contributed by atoms with Crippen molar-refractivity contribution in [2.45, 2.75) is 33.2 Å². The number of benzene rings is 1. The van der Waals surface area contributed by atoms with Crippen molar-refractivity contribution in [3.8, 4) is 0 Å². The molecule has 0 fully saturated rings. The number of rotatable bonds is 6. The Morgan fingerprint density at radius 3 is 2.86 bits per heavy atom. The number of carbonyl (C=O) groups is 1. The highest BCUT2D eigenvalue weighted by molar-refractivity contribution is 5.77. The van der Waals surface area contributed by atoms with Gasteiger partial charge in [-0.1, -0.05) is 26.0 Å². The van der Waals surface area contributed by atoms with Crippen LogP contribution < -0.4 is 10.9 Å². The van der Waals surface area contributed by atoms with E-state index in [0.29, 0.717) is 29.9 Å². The zero-order valence-corrected chi connectivity index (χ0v) is 12.5. The van der Waals surface area contributed by atoms with Crippen LogP contribution in [0.15, 0.2) is 35.4 Å². The summed E-state index contributed by atoms with van der Waals surface area (Å²) in [5.74, 6) is 0.535. The van der Waals surface area contributed by atoms with E-state index < -0.39 is 0 Å². The minimum atomic E-state index is -0.101. The van der Waals surface area contributed by atoms with Gasteiger partial charge in [0.15, 0.2) is 0 Å². The summed E-state index contributed by atoms with van der Waals surface area (Å²) in [5, 5.41) is 3.45. The van der Waals surface area contributed by atoms with Gasteiger partial charge >= 0.3 is 0 Å². The van der Waals surface area contributed by atoms with Crippen LogP contribution in [0.2, 0.25) is 0 Å². The maximum atomic E-state index is 12.2. The molecule has 5 heteroatoms. The van der Waals surface area contributed by atoms with Crippen LogP contribution in [0.4, 0.5) is 0 Å². The molecule has 1 aromatic heterocycles. The normalized spacial score (nSPS) is 11.0. The summed E-state index contributed by atoms with van der Waals surface area (Å²) in [6.45, 7) is 5.27. The second kappa shape index (κ2) is 7.02. The second-order valence-electron chi connectivity index (χ2n) is 5.54. The van der Waals surface area contributed by atoms with Gasteiger partial charge < -0.3 is 5.32 Å². The van der Waals surface area contributed by atoms with Crippen LogP contribution in [-0.2, 0) is 11.3 Å². The fourth-order valence-electron chi connectivity index (χ4n) is 2.08. The molecule has 0 radical (unpaired) electrons. The highest BCUT2D eigenvalue weighted by atomic mass is 16.1. The predicted molar refractivity (Wildman–Crippen MR) is 83.1 cm³/mol. The van der Waals surface area contributed by atoms with E-state index in [-0.39, 0.29) is 17.9 Å². The lowest BCUT2D eigenvalue weighted by molar-refractivity contribution is -0.121. The molecule has 1 heterocycles. The predicted octanol–water partition coefficient (Wildman–Crippen LogP) is 1.95. The largest absolute Gasteiger partial charge is 0.356 e. The Balaban J connectivity index is 1.96. The van der Waals surface area contributed by atoms with Gasteiger partial charge in [0, 0.05) is 19.5 Å². The number of nitrogens with zero attached hydrogens (tertiary/aromatic N) is 2. The lowest BCUT2D eigenvalue weighted by atomic mass is 10.1. The first-order valence-electron chi connectivity index (χ1n) is 7.29. The summed E-state index contributed by atoms with van der Waals surface area (Å²) in [4.78, 5) is 28.2. The molecule has 0 saturated heterocycles. The maximum absolute atomic E-state index is 12.2. The number of para-hydroxylation sites is 1. The Bertz CT molecular complexity index is 677. The van der Waals surface area contributed by atoms with Crippen molar-refractivity contribution >= 4 is 16.8 Å². The summed E-state index contributed by atoms with van der Waals surface area (Å²) in [6.07, 6.45) is 2.76. The summed E-state index contributed by atoms with van der Waals surface area (Å²) >= 11 is 0. The smallest absolute Gasteiger partial charge is 0.261 e. The molecule has 0 atom stereocenters. The molecule has 0 saturated carbocycles. The summed E-state index contributed by atoms with van der Waals surface area (Å²) < 4.78 is 1.49. The molecule has 21 heavy (non-hydrogen) atoms. The quantitative estimate of drug-likeness (QED) is 0.883. The number of fused-ring (bicyclic) bond motifs is 1. The summed E-state index contributed by atoms with van der Waals surface area (Å²) in [6, 6.07) is 7.22. The molecule has 112 valence electrons. The topological polar surface area (TPSA) is 64.0 Å². The van der Waals surface area contributed by atoms with E-state index in [1.165, 1.54) is 10.9 Å². The van der Waals surface area contributed by atoms with E-state index in [1.54, 1.807) is 12.1 Å². The van der Waals surface area contributed by atoms with Crippen LogP contribution >= 0.6 is 0 Å². The van der Waals surface area contributed by atoms with Gasteiger partial charge in [0.1, 0.15) is 0 Å². The van der Waals surface area contributed by atoms with Crippen molar-refractivity contribution in [1.82, 2.24) is 14.9 Å². The number of nitrogens with one attached hydrogen (secondary N) is 1. The Morgan fingerprint density at radius 1 is 1.33 bits per heavy atom. The van der Waals surface area contributed by atoms with Gasteiger partial charge in [-0.05, 0) is 24.5 Å². The fourth-order valence-corrected chi connectivity index (χ4v) is 2.08. The Kier molecular flexibility index (Phi) is 5.09. The molecule has 1 aromatic carbocycles. The second-order valence-corrected chi connectivity index (χ2v) is 5.54. The standard InChI is InChI=1S/C16H21N3O2/c1-12(2)7-9-17-15(20)8-10-19-11-18-14-6-4-3-5-13(14)16(19)21/h3-6,11-12H,7-10H2,1-2H3,(H,17,20). The van der Waals surface area contributed by atoms with Crippen LogP contribution in [0.1, 0.15) is 26.7 Å². The Hall–Kier alpha value is -2.17. The number of carbonyl (C=O) groups excluding carboxylic acids is 1. The zero-order valence-electron chi connectivity index (χ0n) is 12.5. The summed E-state index contributed by atoms with van der Waals surface area (Å²) in [7, 11) is 0. The third kappa shape index (κ3) is 4.15. The molecule has 0 unspecified atom stereocenters. The van der Waals surface area contributed by atoms with Gasteiger partial charge in [-0.15, -0.1) is 0 Å². The average Bonchev–Trinajstić information content (AvgIpc) is 2.46. The maximum Gasteiger partial charge on any atom is 0.261 e. The lowest BCUT2D eigenvalue weighted by Crippen LogP contribution is -2.28. The average molecular weight is 287 g/mol. The Labute approximate surface area is 124 Å². The lowest BCUT2D eigenvalue weighted by Gasteiger charge is -2.08. The first kappa shape index (κ1) is 15.2. The van der Waals surface area contributed by atoms with Gasteiger partial charge in [-0.2, -0.15) is 0 Å². The Morgan fingerprint density at radius 2 is 2.10 bits per heavy atom. The molecule has 0 aliphatic rings. The van der Waals surface area contributed by atoms with Crippen LogP contribution in [0.5, 0.6) is 0 Å². The van der Waals surface area contributed by atoms with Gasteiger partial charge in [0.2, 0.25) is 5.91 Å². The van der Waals surface area contributed by atoms with E-state index in [2.05, 4.69) is 24.1 Å². The van der Waals surface area contributed by atoms with Gasteiger partial charge in [0.05, 0.1) is 17.2 Å². The molecule has 0 aliphatic heterocycles. The molecule has 5 nitrogen and oxygen atoms in total. The first-order chi connectivity index (χ1) is 10.1. The van der Waals surface area contributed by atoms with Crippen molar-refractivity contribution in [3.05, 3.63) is 40.9 Å². The van der Waals surface area contributed by atoms with Crippen molar-refractivity contribution < 1.29 is 4.79 Å². The van der Waals surface area contributed by atoms with E-state index >= 15 is 0 Å². The van der Waals surface area contributed by atoms with E-state index in [0.717, 1.165) is 6.42 Å². The molecule has 0 spiro atoms. The minimum absolute atomic E-state index is 0.0318. The van der Waals surface area contributed by atoms with E-state index in [1.807, 2.05) is 12.1 Å². The minimum Gasteiger partial charge on any atom is -0.356 e. The third-order valence-corrected chi connectivity index (χ3v) is 3.36. The van der Waals surface area contributed by atoms with Gasteiger partial charge in [-0.3, -0.25) is 14.2 Å². The van der Waals surface area contributed by atoms with Crippen LogP contribution in [0.25, 0.3) is 10.9 Å². The zero-order chi connectivity index (χ0) is 15.2. The molecule has 0 bridgehead atoms. The van der Waals surface area contributed by atoms with Gasteiger partial charge in [0.25, 0.3) is 5.56 Å². The van der Waals surface area contributed by atoms with Crippen molar-refractivity contribution in [3.63, 3.8) is 0 Å².